The summed E-state index contributed by atoms with van der Waals surface area (Å²) >= 11 is 6.23. The molecule has 102 valence electrons. The van der Waals surface area contributed by atoms with Gasteiger partial charge in [-0.05, 0) is 11.6 Å². The van der Waals surface area contributed by atoms with Gasteiger partial charge in [-0.25, -0.2) is 0 Å². The average molecular weight is 281 g/mol. The molecule has 2 bridgehead atoms. The third kappa shape index (κ3) is 2.61. The van der Waals surface area contributed by atoms with Crippen molar-refractivity contribution in [1.29, 1.82) is 0 Å². The van der Waals surface area contributed by atoms with E-state index in [-0.39, 0.29) is 12.1 Å². The summed E-state index contributed by atoms with van der Waals surface area (Å²) in [5.74, 6) is 0. The van der Waals surface area contributed by atoms with Crippen molar-refractivity contribution < 1.29 is 9.94 Å². The summed E-state index contributed by atoms with van der Waals surface area (Å²) in [6, 6.07) is 8.52. The summed E-state index contributed by atoms with van der Waals surface area (Å²) in [6.07, 6.45) is 1.55. The Bertz CT molecular complexity index is 476. The molecular weight excluding hydrogens is 264 g/mol. The van der Waals surface area contributed by atoms with Gasteiger partial charge in [0, 0.05) is 36.5 Å². The van der Waals surface area contributed by atoms with Gasteiger partial charge < -0.3 is 9.94 Å². The van der Waals surface area contributed by atoms with Crippen molar-refractivity contribution in [1.82, 2.24) is 4.90 Å². The highest BCUT2D eigenvalue weighted by Gasteiger charge is 2.37. The van der Waals surface area contributed by atoms with Gasteiger partial charge in [0.05, 0.1) is 18.9 Å². The second-order valence-electron chi connectivity index (χ2n) is 5.18. The van der Waals surface area contributed by atoms with Crippen molar-refractivity contribution in [2.24, 2.45) is 5.16 Å². The highest BCUT2D eigenvalue weighted by atomic mass is 35.5. The molecule has 1 N–H and O–H groups in total. The molecule has 2 atom stereocenters. The maximum Gasteiger partial charge on any atom is 0.0626 e. The van der Waals surface area contributed by atoms with Gasteiger partial charge in [-0.2, -0.15) is 0 Å². The van der Waals surface area contributed by atoms with Crippen LogP contribution < -0.4 is 0 Å². The van der Waals surface area contributed by atoms with Crippen LogP contribution in [0.25, 0.3) is 0 Å². The molecule has 2 saturated heterocycles. The van der Waals surface area contributed by atoms with E-state index in [1.807, 2.05) is 18.2 Å². The van der Waals surface area contributed by atoms with Crippen LogP contribution in [-0.4, -0.2) is 41.1 Å². The highest BCUT2D eigenvalue weighted by molar-refractivity contribution is 6.31. The number of piperidine rings is 1. The molecule has 0 spiro atoms. The van der Waals surface area contributed by atoms with Crippen molar-refractivity contribution in [2.75, 3.05) is 13.2 Å². The normalized spacial score (nSPS) is 27.3. The van der Waals surface area contributed by atoms with Crippen LogP contribution in [0.1, 0.15) is 18.4 Å². The van der Waals surface area contributed by atoms with E-state index in [2.05, 4.69) is 16.1 Å². The van der Waals surface area contributed by atoms with Gasteiger partial charge in [0.25, 0.3) is 0 Å². The number of hydrogen-bond donors (Lipinski definition) is 1. The van der Waals surface area contributed by atoms with Gasteiger partial charge >= 0.3 is 0 Å². The molecule has 2 aliphatic heterocycles. The topological polar surface area (TPSA) is 45.1 Å². The number of hydrogen-bond acceptors (Lipinski definition) is 4. The third-order valence-electron chi connectivity index (χ3n) is 3.95. The van der Waals surface area contributed by atoms with E-state index in [0.717, 1.165) is 35.7 Å². The maximum atomic E-state index is 8.97. The average Bonchev–Trinajstić information content (AvgIpc) is 2.41. The first kappa shape index (κ1) is 12.9. The lowest BCUT2D eigenvalue weighted by atomic mass is 9.92. The molecule has 0 aliphatic carbocycles. The predicted octanol–water partition coefficient (Wildman–Crippen LogP) is 2.53. The van der Waals surface area contributed by atoms with Gasteiger partial charge in [0.15, 0.2) is 0 Å². The first-order chi connectivity index (χ1) is 9.28. The van der Waals surface area contributed by atoms with Crippen molar-refractivity contribution in [3.8, 4) is 0 Å². The van der Waals surface area contributed by atoms with Crippen LogP contribution in [-0.2, 0) is 11.3 Å². The Labute approximate surface area is 117 Å². The number of nitrogens with zero attached hydrogens (tertiary/aromatic N) is 2. The van der Waals surface area contributed by atoms with E-state index in [0.29, 0.717) is 13.2 Å². The SMILES string of the molecule is ON=C1CC2COCC(C1)N2Cc1ccccc1Cl. The largest absolute Gasteiger partial charge is 0.411 e. The lowest BCUT2D eigenvalue weighted by Gasteiger charge is -2.45. The fourth-order valence-corrected chi connectivity index (χ4v) is 3.17. The molecule has 0 amide bonds. The van der Waals surface area contributed by atoms with Gasteiger partial charge in [-0.1, -0.05) is 35.0 Å². The van der Waals surface area contributed by atoms with Crippen molar-refractivity contribution in [3.05, 3.63) is 34.9 Å². The van der Waals surface area contributed by atoms with Crippen LogP contribution in [0, 0.1) is 0 Å². The Hall–Kier alpha value is -1.10. The molecule has 0 saturated carbocycles. The molecule has 2 unspecified atom stereocenters. The molecule has 4 nitrogen and oxygen atoms in total. The van der Waals surface area contributed by atoms with E-state index in [1.165, 1.54) is 0 Å². The Morgan fingerprint density at radius 3 is 2.58 bits per heavy atom. The maximum absolute atomic E-state index is 8.97. The first-order valence-corrected chi connectivity index (χ1v) is 6.92. The number of morpholine rings is 1. The number of rotatable bonds is 2. The lowest BCUT2D eigenvalue weighted by Crippen LogP contribution is -2.56. The molecule has 2 fully saturated rings. The fourth-order valence-electron chi connectivity index (χ4n) is 2.97. The lowest BCUT2D eigenvalue weighted by molar-refractivity contribution is -0.0574. The summed E-state index contributed by atoms with van der Waals surface area (Å²) in [6.45, 7) is 2.22. The summed E-state index contributed by atoms with van der Waals surface area (Å²) in [5, 5.41) is 13.2. The zero-order chi connectivity index (χ0) is 13.2. The van der Waals surface area contributed by atoms with E-state index in [1.54, 1.807) is 0 Å². The van der Waals surface area contributed by atoms with E-state index in [4.69, 9.17) is 21.5 Å². The third-order valence-corrected chi connectivity index (χ3v) is 4.32. The van der Waals surface area contributed by atoms with Gasteiger partial charge in [-0.3, -0.25) is 4.90 Å². The first-order valence-electron chi connectivity index (χ1n) is 6.54. The van der Waals surface area contributed by atoms with Crippen molar-refractivity contribution in [3.63, 3.8) is 0 Å². The molecule has 1 aromatic carbocycles. The summed E-state index contributed by atoms with van der Waals surface area (Å²) < 4.78 is 5.62. The molecule has 1 aromatic rings. The Morgan fingerprint density at radius 2 is 1.95 bits per heavy atom. The summed E-state index contributed by atoms with van der Waals surface area (Å²) in [5.41, 5.74) is 2.03. The smallest absolute Gasteiger partial charge is 0.0626 e. The zero-order valence-electron chi connectivity index (χ0n) is 10.6. The van der Waals surface area contributed by atoms with Gasteiger partial charge in [-0.15, -0.1) is 0 Å². The highest BCUT2D eigenvalue weighted by Crippen LogP contribution is 2.29. The molecule has 0 radical (unpaired) electrons. The quantitative estimate of drug-likeness (QED) is 0.669. The fraction of sp³-hybridized carbons (Fsp3) is 0.500. The van der Waals surface area contributed by atoms with Crippen LogP contribution in [0.15, 0.2) is 29.4 Å². The molecule has 3 rings (SSSR count). The van der Waals surface area contributed by atoms with Crippen LogP contribution in [0.3, 0.4) is 0 Å². The molecule has 5 heteroatoms. The second kappa shape index (κ2) is 5.49. The molecule has 2 heterocycles. The number of fused-ring (bicyclic) bond motifs is 2. The standard InChI is InChI=1S/C14H17ClN2O2/c15-14-4-2-1-3-10(14)7-17-12-5-11(16-18)6-13(17)9-19-8-12/h1-4,12-13,18H,5-9H2. The Balaban J connectivity index is 1.79. The van der Waals surface area contributed by atoms with Crippen molar-refractivity contribution in [2.45, 2.75) is 31.5 Å². The monoisotopic (exact) mass is 280 g/mol. The minimum atomic E-state index is 0.287. The number of ether oxygens (including phenoxy) is 1. The van der Waals surface area contributed by atoms with Crippen LogP contribution >= 0.6 is 11.6 Å². The minimum Gasteiger partial charge on any atom is -0.411 e. The predicted molar refractivity (Wildman–Crippen MR) is 73.8 cm³/mol. The number of halogens is 1. The summed E-state index contributed by atoms with van der Waals surface area (Å²) in [7, 11) is 0. The second-order valence-corrected chi connectivity index (χ2v) is 5.59. The van der Waals surface area contributed by atoms with Gasteiger partial charge in [0.2, 0.25) is 0 Å². The Morgan fingerprint density at radius 1 is 1.26 bits per heavy atom. The van der Waals surface area contributed by atoms with Crippen LogP contribution in [0.4, 0.5) is 0 Å². The molecule has 2 aliphatic rings. The Kier molecular flexibility index (Phi) is 3.73. The number of benzene rings is 1. The van der Waals surface area contributed by atoms with E-state index >= 15 is 0 Å². The number of oxime groups is 1. The van der Waals surface area contributed by atoms with Crippen LogP contribution in [0.5, 0.6) is 0 Å². The van der Waals surface area contributed by atoms with E-state index in [9.17, 15) is 0 Å². The van der Waals surface area contributed by atoms with Gasteiger partial charge in [0.1, 0.15) is 0 Å². The van der Waals surface area contributed by atoms with E-state index < -0.39 is 0 Å². The van der Waals surface area contributed by atoms with Crippen LogP contribution in [0.2, 0.25) is 5.02 Å². The molecular formula is C14H17ClN2O2. The molecule has 19 heavy (non-hydrogen) atoms. The zero-order valence-corrected chi connectivity index (χ0v) is 11.4. The molecule has 0 aromatic heterocycles. The van der Waals surface area contributed by atoms with Crippen molar-refractivity contribution >= 4 is 17.3 Å². The minimum absolute atomic E-state index is 0.287. The summed E-state index contributed by atoms with van der Waals surface area (Å²) in [4.78, 5) is 2.43.